The Morgan fingerprint density at radius 3 is 2.41 bits per heavy atom. The van der Waals surface area contributed by atoms with Crippen molar-refractivity contribution in [3.8, 4) is 0 Å². The molecule has 1 amide bonds. The third-order valence-corrected chi connectivity index (χ3v) is 6.84. The fourth-order valence-electron chi connectivity index (χ4n) is 4.07. The van der Waals surface area contributed by atoms with E-state index in [2.05, 4.69) is 53.4 Å². The molecule has 3 aromatic rings. The van der Waals surface area contributed by atoms with Crippen LogP contribution in [0.1, 0.15) is 38.8 Å². The summed E-state index contributed by atoms with van der Waals surface area (Å²) in [5, 5.41) is 7.93. The SMILES string of the molecule is Cc1ccc(Cn2nc(C)c(/C=C/C(=O)N3CCN(Cc4csc(C)n4)CC3)c2C)cc1. The minimum Gasteiger partial charge on any atom is -0.337 e. The maximum absolute atomic E-state index is 12.8. The molecule has 1 aliphatic heterocycles. The average molecular weight is 450 g/mol. The molecule has 0 saturated carbocycles. The van der Waals surface area contributed by atoms with Crippen LogP contribution in [0.5, 0.6) is 0 Å². The lowest BCUT2D eigenvalue weighted by Gasteiger charge is -2.33. The van der Waals surface area contributed by atoms with Crippen LogP contribution in [0.25, 0.3) is 6.08 Å². The third-order valence-electron chi connectivity index (χ3n) is 6.02. The minimum atomic E-state index is 0.0687. The third kappa shape index (κ3) is 5.34. The standard InChI is InChI=1S/C25H31N5OS/c1-18-5-7-22(8-6-18)15-30-20(3)24(19(2)27-30)9-10-25(31)29-13-11-28(12-14-29)16-23-17-32-21(4)26-23/h5-10,17H,11-16H2,1-4H3/b10-9+. The fraction of sp³-hybridized carbons (Fsp3) is 0.400. The number of hydrogen-bond acceptors (Lipinski definition) is 5. The van der Waals surface area contributed by atoms with Crippen molar-refractivity contribution in [2.45, 2.75) is 40.8 Å². The summed E-state index contributed by atoms with van der Waals surface area (Å²) in [7, 11) is 0. The van der Waals surface area contributed by atoms with Gasteiger partial charge in [-0.3, -0.25) is 14.4 Å². The molecule has 0 N–H and O–H groups in total. The summed E-state index contributed by atoms with van der Waals surface area (Å²) >= 11 is 1.69. The lowest BCUT2D eigenvalue weighted by molar-refractivity contribution is -0.127. The summed E-state index contributed by atoms with van der Waals surface area (Å²) in [6, 6.07) is 8.52. The van der Waals surface area contributed by atoms with E-state index in [0.29, 0.717) is 0 Å². The van der Waals surface area contributed by atoms with E-state index in [0.717, 1.165) is 66.9 Å². The Morgan fingerprint density at radius 1 is 1.03 bits per heavy atom. The number of thiazole rings is 1. The molecule has 4 rings (SSSR count). The summed E-state index contributed by atoms with van der Waals surface area (Å²) in [6.45, 7) is 13.0. The first kappa shape index (κ1) is 22.4. The van der Waals surface area contributed by atoms with Gasteiger partial charge >= 0.3 is 0 Å². The molecule has 0 atom stereocenters. The van der Waals surface area contributed by atoms with Gasteiger partial charge in [0.25, 0.3) is 0 Å². The molecule has 1 fully saturated rings. The number of carbonyl (C=O) groups excluding carboxylic acids is 1. The van der Waals surface area contributed by atoms with Crippen molar-refractivity contribution in [1.29, 1.82) is 0 Å². The molecule has 0 unspecified atom stereocenters. The maximum atomic E-state index is 12.8. The van der Waals surface area contributed by atoms with Crippen LogP contribution >= 0.6 is 11.3 Å². The Kier molecular flexibility index (Phi) is 6.86. The molecule has 0 radical (unpaired) electrons. The van der Waals surface area contributed by atoms with Crippen LogP contribution in [-0.4, -0.2) is 56.7 Å². The summed E-state index contributed by atoms with van der Waals surface area (Å²) in [6.07, 6.45) is 3.63. The molecule has 32 heavy (non-hydrogen) atoms. The molecule has 6 nitrogen and oxygen atoms in total. The zero-order valence-electron chi connectivity index (χ0n) is 19.3. The van der Waals surface area contributed by atoms with Gasteiger partial charge in [-0.2, -0.15) is 5.10 Å². The van der Waals surface area contributed by atoms with E-state index in [9.17, 15) is 4.79 Å². The van der Waals surface area contributed by atoms with Crippen LogP contribution < -0.4 is 0 Å². The number of aryl methyl sites for hydroxylation is 3. The Morgan fingerprint density at radius 2 is 1.75 bits per heavy atom. The lowest BCUT2D eigenvalue weighted by atomic mass is 10.1. The monoisotopic (exact) mass is 449 g/mol. The fourth-order valence-corrected chi connectivity index (χ4v) is 4.67. The number of aromatic nitrogens is 3. The van der Waals surface area contributed by atoms with Gasteiger partial charge in [-0.1, -0.05) is 29.8 Å². The molecule has 7 heteroatoms. The first-order valence-corrected chi connectivity index (χ1v) is 12.0. The topological polar surface area (TPSA) is 54.3 Å². The largest absolute Gasteiger partial charge is 0.337 e. The van der Waals surface area contributed by atoms with Crippen LogP contribution in [0.4, 0.5) is 0 Å². The van der Waals surface area contributed by atoms with Gasteiger partial charge in [0.05, 0.1) is 22.9 Å². The maximum Gasteiger partial charge on any atom is 0.246 e. The minimum absolute atomic E-state index is 0.0687. The second-order valence-corrected chi connectivity index (χ2v) is 9.58. The summed E-state index contributed by atoms with van der Waals surface area (Å²) in [4.78, 5) is 21.6. The number of rotatable bonds is 6. The highest BCUT2D eigenvalue weighted by atomic mass is 32.1. The molecule has 168 valence electrons. The second kappa shape index (κ2) is 9.79. The van der Waals surface area contributed by atoms with Crippen molar-refractivity contribution in [3.63, 3.8) is 0 Å². The van der Waals surface area contributed by atoms with Crippen molar-refractivity contribution in [3.05, 3.63) is 74.5 Å². The Balaban J connectivity index is 1.34. The lowest BCUT2D eigenvalue weighted by Crippen LogP contribution is -2.47. The van der Waals surface area contributed by atoms with Gasteiger partial charge in [-0.15, -0.1) is 11.3 Å². The number of carbonyl (C=O) groups is 1. The molecule has 1 saturated heterocycles. The molecule has 0 aliphatic carbocycles. The van der Waals surface area contributed by atoms with Crippen molar-refractivity contribution in [1.82, 2.24) is 24.6 Å². The van der Waals surface area contributed by atoms with Gasteiger partial charge in [0.2, 0.25) is 5.91 Å². The van der Waals surface area contributed by atoms with Crippen molar-refractivity contribution < 1.29 is 4.79 Å². The van der Waals surface area contributed by atoms with Crippen LogP contribution in [0.3, 0.4) is 0 Å². The van der Waals surface area contributed by atoms with Gasteiger partial charge in [0, 0.05) is 55.4 Å². The highest BCUT2D eigenvalue weighted by molar-refractivity contribution is 7.09. The van der Waals surface area contributed by atoms with E-state index >= 15 is 0 Å². The highest BCUT2D eigenvalue weighted by Gasteiger charge is 2.20. The van der Waals surface area contributed by atoms with E-state index < -0.39 is 0 Å². The normalized spacial score (nSPS) is 15.1. The number of hydrogen-bond donors (Lipinski definition) is 0. The summed E-state index contributed by atoms with van der Waals surface area (Å²) < 4.78 is 2.02. The second-order valence-electron chi connectivity index (χ2n) is 8.52. The van der Waals surface area contributed by atoms with Crippen molar-refractivity contribution in [2.75, 3.05) is 26.2 Å². The van der Waals surface area contributed by atoms with Crippen molar-refractivity contribution in [2.24, 2.45) is 0 Å². The predicted octanol–water partition coefficient (Wildman–Crippen LogP) is 3.98. The number of nitrogens with zero attached hydrogens (tertiary/aromatic N) is 5. The number of benzene rings is 1. The smallest absolute Gasteiger partial charge is 0.246 e. The van der Waals surface area contributed by atoms with Crippen LogP contribution in [-0.2, 0) is 17.9 Å². The quantitative estimate of drug-likeness (QED) is 0.534. The molecular weight excluding hydrogens is 418 g/mol. The van der Waals surface area contributed by atoms with Crippen molar-refractivity contribution >= 4 is 23.3 Å². The first-order valence-electron chi connectivity index (χ1n) is 11.1. The summed E-state index contributed by atoms with van der Waals surface area (Å²) in [5.74, 6) is 0.0687. The van der Waals surface area contributed by atoms with E-state index in [1.54, 1.807) is 17.4 Å². The number of piperazine rings is 1. The molecule has 3 heterocycles. The summed E-state index contributed by atoms with van der Waals surface area (Å²) in [5.41, 5.74) is 6.66. The van der Waals surface area contributed by atoms with Gasteiger partial charge in [0.15, 0.2) is 0 Å². The van der Waals surface area contributed by atoms with E-state index in [1.807, 2.05) is 29.5 Å². The molecule has 2 aromatic heterocycles. The van der Waals surface area contributed by atoms with Gasteiger partial charge < -0.3 is 4.90 Å². The van der Waals surface area contributed by atoms with Gasteiger partial charge in [0.1, 0.15) is 0 Å². The van der Waals surface area contributed by atoms with Gasteiger partial charge in [-0.05, 0) is 39.3 Å². The Labute approximate surface area is 194 Å². The first-order chi connectivity index (χ1) is 15.4. The Bertz CT molecular complexity index is 1100. The molecule has 1 aliphatic rings. The Hall–Kier alpha value is -2.77. The average Bonchev–Trinajstić information content (AvgIpc) is 3.30. The van der Waals surface area contributed by atoms with Gasteiger partial charge in [-0.25, -0.2) is 4.98 Å². The molecule has 0 bridgehead atoms. The highest BCUT2D eigenvalue weighted by Crippen LogP contribution is 2.18. The molecule has 0 spiro atoms. The van der Waals surface area contributed by atoms with E-state index in [1.165, 1.54) is 11.1 Å². The number of amides is 1. The zero-order chi connectivity index (χ0) is 22.7. The van der Waals surface area contributed by atoms with E-state index in [-0.39, 0.29) is 5.91 Å². The van der Waals surface area contributed by atoms with E-state index in [4.69, 9.17) is 5.10 Å². The molecule has 1 aromatic carbocycles. The molecular formula is C25H31N5OS. The predicted molar refractivity (Wildman–Crippen MR) is 130 cm³/mol. The van der Waals surface area contributed by atoms with Crippen LogP contribution in [0.2, 0.25) is 0 Å². The van der Waals surface area contributed by atoms with Crippen LogP contribution in [0.15, 0.2) is 35.7 Å². The van der Waals surface area contributed by atoms with Crippen LogP contribution in [0, 0.1) is 27.7 Å². The zero-order valence-corrected chi connectivity index (χ0v) is 20.2.